The second-order valence-electron chi connectivity index (χ2n) is 8.34. The molecule has 6 aromatic rings. The number of ether oxygens (including phenoxy) is 1. The summed E-state index contributed by atoms with van der Waals surface area (Å²) in [5, 5.41) is 16.7. The number of rotatable bonds is 6. The number of H-pyrrole nitrogens is 1. The van der Waals surface area contributed by atoms with Crippen molar-refractivity contribution >= 4 is 21.8 Å². The fourth-order valence-electron chi connectivity index (χ4n) is 4.35. The van der Waals surface area contributed by atoms with Crippen molar-refractivity contribution in [2.45, 2.75) is 13.0 Å². The first-order valence-corrected chi connectivity index (χ1v) is 11.1. The molecule has 7 heteroatoms. The highest BCUT2D eigenvalue weighted by Crippen LogP contribution is 2.28. The number of para-hydroxylation sites is 1. The van der Waals surface area contributed by atoms with Crippen molar-refractivity contribution < 1.29 is 4.74 Å². The molecule has 166 valence electrons. The van der Waals surface area contributed by atoms with Crippen LogP contribution in [0.4, 0.5) is 0 Å². The van der Waals surface area contributed by atoms with Gasteiger partial charge in [0.1, 0.15) is 12.4 Å². The van der Waals surface area contributed by atoms with E-state index >= 15 is 0 Å². The Morgan fingerprint density at radius 3 is 2.79 bits per heavy atom. The maximum atomic E-state index is 6.13. The highest BCUT2D eigenvalue weighted by Gasteiger charge is 2.11. The lowest BCUT2D eigenvalue weighted by Gasteiger charge is -2.08. The second-order valence-corrected chi connectivity index (χ2v) is 8.34. The van der Waals surface area contributed by atoms with E-state index in [0.29, 0.717) is 12.4 Å². The summed E-state index contributed by atoms with van der Waals surface area (Å²) < 4.78 is 8.29. The smallest absolute Gasteiger partial charge is 0.204 e. The van der Waals surface area contributed by atoms with Crippen LogP contribution in [0.3, 0.4) is 0 Å². The minimum atomic E-state index is 0.422. The summed E-state index contributed by atoms with van der Waals surface area (Å²) in [6, 6.07) is 26.7. The van der Waals surface area contributed by atoms with Gasteiger partial charge in [0, 0.05) is 35.1 Å². The number of nitrogens with one attached hydrogen (secondary N) is 1. The van der Waals surface area contributed by atoms with Crippen LogP contribution < -0.4 is 4.74 Å². The van der Waals surface area contributed by atoms with Crippen LogP contribution >= 0.6 is 0 Å². The Hall–Kier alpha value is -4.52. The molecule has 0 amide bonds. The number of hydrogen-bond acceptors (Lipinski definition) is 5. The highest BCUT2D eigenvalue weighted by molar-refractivity contribution is 5.86. The minimum Gasteiger partial charge on any atom is -0.487 e. The molecule has 1 N–H and O–H groups in total. The molecule has 0 bridgehead atoms. The molecule has 0 atom stereocenters. The predicted octanol–water partition coefficient (Wildman–Crippen LogP) is 5.08. The molecule has 3 heterocycles. The molecule has 6 rings (SSSR count). The number of benzene rings is 3. The van der Waals surface area contributed by atoms with E-state index in [9.17, 15) is 0 Å². The van der Waals surface area contributed by atoms with E-state index in [2.05, 4.69) is 74.8 Å². The lowest BCUT2D eigenvalue weighted by Crippen LogP contribution is -1.98. The first-order chi connectivity index (χ1) is 16.7. The fraction of sp³-hybridized carbons (Fsp3) is 0.111. The summed E-state index contributed by atoms with van der Waals surface area (Å²) in [6.45, 7) is 0.422. The zero-order chi connectivity index (χ0) is 22.9. The SMILES string of the molecule is Cn1cc(Cc2cccc(-c3nn[nH]n3)c2)c2cc(OCc3ccc4ccccc4n3)ccc21. The molecule has 3 aromatic heterocycles. The van der Waals surface area contributed by atoms with Crippen molar-refractivity contribution in [2.75, 3.05) is 0 Å². The van der Waals surface area contributed by atoms with E-state index in [1.165, 1.54) is 22.0 Å². The van der Waals surface area contributed by atoms with Crippen LogP contribution in [0.5, 0.6) is 5.75 Å². The highest BCUT2D eigenvalue weighted by atomic mass is 16.5. The van der Waals surface area contributed by atoms with Gasteiger partial charge in [0.05, 0.1) is 11.2 Å². The number of aromatic nitrogens is 6. The maximum absolute atomic E-state index is 6.13. The van der Waals surface area contributed by atoms with Crippen LogP contribution in [0.1, 0.15) is 16.8 Å². The van der Waals surface area contributed by atoms with Crippen LogP contribution in [-0.2, 0) is 20.1 Å². The molecule has 0 aliphatic rings. The van der Waals surface area contributed by atoms with Gasteiger partial charge in [-0.25, -0.2) is 4.98 Å². The fourth-order valence-corrected chi connectivity index (χ4v) is 4.35. The number of aromatic amines is 1. The van der Waals surface area contributed by atoms with Crippen LogP contribution in [0.2, 0.25) is 0 Å². The second kappa shape index (κ2) is 8.44. The third-order valence-corrected chi connectivity index (χ3v) is 6.01. The molecule has 0 saturated heterocycles. The topological polar surface area (TPSA) is 81.5 Å². The monoisotopic (exact) mass is 446 g/mol. The van der Waals surface area contributed by atoms with Gasteiger partial charge in [-0.2, -0.15) is 5.21 Å². The van der Waals surface area contributed by atoms with Crippen molar-refractivity contribution in [3.05, 3.63) is 102 Å². The van der Waals surface area contributed by atoms with Crippen molar-refractivity contribution in [2.24, 2.45) is 7.05 Å². The average molecular weight is 447 g/mol. The Kier molecular flexibility index (Phi) is 4.99. The molecule has 0 spiro atoms. The predicted molar refractivity (Wildman–Crippen MR) is 131 cm³/mol. The largest absolute Gasteiger partial charge is 0.487 e. The minimum absolute atomic E-state index is 0.422. The summed E-state index contributed by atoms with van der Waals surface area (Å²) in [5.74, 6) is 1.42. The lowest BCUT2D eigenvalue weighted by atomic mass is 10.0. The number of tetrazole rings is 1. The molecule has 0 unspecified atom stereocenters. The van der Waals surface area contributed by atoms with Crippen molar-refractivity contribution in [3.63, 3.8) is 0 Å². The van der Waals surface area contributed by atoms with Gasteiger partial charge in [-0.05, 0) is 59.2 Å². The quantitative estimate of drug-likeness (QED) is 0.386. The molecule has 0 aliphatic carbocycles. The van der Waals surface area contributed by atoms with Crippen molar-refractivity contribution in [1.29, 1.82) is 0 Å². The Morgan fingerprint density at radius 1 is 0.941 bits per heavy atom. The summed E-state index contributed by atoms with van der Waals surface area (Å²) in [7, 11) is 2.07. The van der Waals surface area contributed by atoms with Crippen molar-refractivity contribution in [1.82, 2.24) is 30.2 Å². The molecular weight excluding hydrogens is 424 g/mol. The molecule has 0 radical (unpaired) electrons. The van der Waals surface area contributed by atoms with Gasteiger partial charge in [-0.15, -0.1) is 10.2 Å². The molecule has 0 saturated carbocycles. The van der Waals surface area contributed by atoms with Gasteiger partial charge < -0.3 is 9.30 Å². The molecule has 0 fully saturated rings. The number of aryl methyl sites for hydroxylation is 1. The van der Waals surface area contributed by atoms with E-state index in [1.54, 1.807) is 0 Å². The molecule has 7 nitrogen and oxygen atoms in total. The van der Waals surface area contributed by atoms with E-state index < -0.39 is 0 Å². The van der Waals surface area contributed by atoms with Gasteiger partial charge in [-0.3, -0.25) is 0 Å². The van der Waals surface area contributed by atoms with E-state index in [-0.39, 0.29) is 0 Å². The summed E-state index contributed by atoms with van der Waals surface area (Å²) in [4.78, 5) is 4.71. The Morgan fingerprint density at radius 2 is 1.88 bits per heavy atom. The summed E-state index contributed by atoms with van der Waals surface area (Å²) >= 11 is 0. The van der Waals surface area contributed by atoms with Crippen LogP contribution in [-0.4, -0.2) is 30.2 Å². The number of fused-ring (bicyclic) bond motifs is 2. The van der Waals surface area contributed by atoms with Gasteiger partial charge in [0.25, 0.3) is 0 Å². The van der Waals surface area contributed by atoms with Gasteiger partial charge in [-0.1, -0.05) is 42.5 Å². The van der Waals surface area contributed by atoms with Crippen LogP contribution in [0, 0.1) is 0 Å². The molecular formula is C27H22N6O. The summed E-state index contributed by atoms with van der Waals surface area (Å²) in [6.07, 6.45) is 2.97. The van der Waals surface area contributed by atoms with Gasteiger partial charge in [0.15, 0.2) is 0 Å². The number of nitrogens with zero attached hydrogens (tertiary/aromatic N) is 5. The normalized spacial score (nSPS) is 11.3. The zero-order valence-corrected chi connectivity index (χ0v) is 18.6. The van der Waals surface area contributed by atoms with Gasteiger partial charge in [0.2, 0.25) is 5.82 Å². The maximum Gasteiger partial charge on any atom is 0.204 e. The molecule has 34 heavy (non-hydrogen) atoms. The lowest BCUT2D eigenvalue weighted by molar-refractivity contribution is 0.302. The first kappa shape index (κ1) is 20.1. The van der Waals surface area contributed by atoms with Crippen molar-refractivity contribution in [3.8, 4) is 17.1 Å². The molecule has 3 aromatic carbocycles. The average Bonchev–Trinajstić information content (AvgIpc) is 3.52. The van der Waals surface area contributed by atoms with Crippen LogP contribution in [0.15, 0.2) is 85.1 Å². The van der Waals surface area contributed by atoms with E-state index in [4.69, 9.17) is 9.72 Å². The van der Waals surface area contributed by atoms with E-state index in [0.717, 1.165) is 34.3 Å². The molecule has 0 aliphatic heterocycles. The Labute approximate surface area is 196 Å². The Bertz CT molecular complexity index is 1600. The zero-order valence-electron chi connectivity index (χ0n) is 18.6. The van der Waals surface area contributed by atoms with Gasteiger partial charge >= 0.3 is 0 Å². The van der Waals surface area contributed by atoms with E-state index in [1.807, 2.05) is 42.5 Å². The first-order valence-electron chi connectivity index (χ1n) is 11.1. The third-order valence-electron chi connectivity index (χ3n) is 6.01. The van der Waals surface area contributed by atoms with Crippen LogP contribution in [0.25, 0.3) is 33.2 Å². The number of hydrogen-bond donors (Lipinski definition) is 1. The third kappa shape index (κ3) is 3.88. The number of pyridine rings is 1. The summed E-state index contributed by atoms with van der Waals surface area (Å²) in [5.41, 5.74) is 6.41. The standard InChI is InChI=1S/C27H22N6O/c1-33-16-21(14-18-5-4-7-20(13-18)27-29-31-32-30-27)24-15-23(11-12-26(24)33)34-17-22-10-9-19-6-2-3-8-25(19)28-22/h2-13,15-16H,14,17H2,1H3,(H,29,30,31,32). The Balaban J connectivity index is 1.26.